The van der Waals surface area contributed by atoms with Crippen LogP contribution in [-0.2, 0) is 16.0 Å². The van der Waals surface area contributed by atoms with E-state index in [9.17, 15) is 9.59 Å². The van der Waals surface area contributed by atoms with E-state index in [0.717, 1.165) is 47.9 Å². The summed E-state index contributed by atoms with van der Waals surface area (Å²) < 4.78 is 4.29. The Labute approximate surface area is 169 Å². The van der Waals surface area contributed by atoms with Gasteiger partial charge in [0.15, 0.2) is 5.78 Å². The largest absolute Gasteiger partial charge is 0.469 e. The van der Waals surface area contributed by atoms with E-state index >= 15 is 0 Å². The SMILES string of the molecule is COC(=O)CCc1ccc(C(=O)C2(Br)CCCCC2)c(-c2ccccc2)c1. The number of alkyl halides is 1. The molecule has 1 aliphatic carbocycles. The highest BCUT2D eigenvalue weighted by Gasteiger charge is 2.38. The number of Topliss-reactive ketones (excluding diaryl/α,β-unsaturated/α-hetero) is 1. The minimum atomic E-state index is -0.456. The van der Waals surface area contributed by atoms with Gasteiger partial charge in [0.2, 0.25) is 0 Å². The van der Waals surface area contributed by atoms with Crippen LogP contribution in [-0.4, -0.2) is 23.2 Å². The lowest BCUT2D eigenvalue weighted by molar-refractivity contribution is -0.140. The lowest BCUT2D eigenvalue weighted by Crippen LogP contribution is -2.34. The second kappa shape index (κ2) is 8.83. The highest BCUT2D eigenvalue weighted by molar-refractivity contribution is 9.10. The number of carbonyl (C=O) groups is 2. The zero-order valence-corrected chi connectivity index (χ0v) is 17.3. The molecule has 4 heteroatoms. The Kier molecular flexibility index (Phi) is 6.48. The molecular formula is C23H25BrO3. The molecule has 0 N–H and O–H groups in total. The molecule has 0 aliphatic heterocycles. The summed E-state index contributed by atoms with van der Waals surface area (Å²) in [5, 5.41) is 0. The molecule has 0 unspecified atom stereocenters. The van der Waals surface area contributed by atoms with Gasteiger partial charge in [0.05, 0.1) is 11.4 Å². The summed E-state index contributed by atoms with van der Waals surface area (Å²) >= 11 is 3.77. The van der Waals surface area contributed by atoms with Crippen LogP contribution in [0.25, 0.3) is 11.1 Å². The highest BCUT2D eigenvalue weighted by atomic mass is 79.9. The normalized spacial score (nSPS) is 15.9. The smallest absolute Gasteiger partial charge is 0.305 e. The fourth-order valence-electron chi connectivity index (χ4n) is 3.73. The molecule has 0 atom stereocenters. The number of esters is 1. The number of methoxy groups -OCH3 is 1. The summed E-state index contributed by atoms with van der Waals surface area (Å²) in [5.74, 6) is -0.0569. The molecule has 0 bridgehead atoms. The van der Waals surface area contributed by atoms with Crippen LogP contribution in [0.4, 0.5) is 0 Å². The average molecular weight is 429 g/mol. The Morgan fingerprint density at radius 2 is 1.74 bits per heavy atom. The first kappa shape index (κ1) is 19.8. The van der Waals surface area contributed by atoms with Gasteiger partial charge in [0.1, 0.15) is 0 Å². The molecule has 0 radical (unpaired) electrons. The molecule has 142 valence electrons. The maximum Gasteiger partial charge on any atom is 0.305 e. The number of hydrogen-bond acceptors (Lipinski definition) is 3. The van der Waals surface area contributed by atoms with Crippen molar-refractivity contribution in [3.05, 3.63) is 59.7 Å². The maximum absolute atomic E-state index is 13.4. The molecule has 1 aliphatic rings. The molecule has 1 fully saturated rings. The van der Waals surface area contributed by atoms with Crippen LogP contribution >= 0.6 is 15.9 Å². The van der Waals surface area contributed by atoms with Gasteiger partial charge < -0.3 is 4.74 Å². The summed E-state index contributed by atoms with van der Waals surface area (Å²) in [6.07, 6.45) is 6.04. The number of rotatable bonds is 6. The van der Waals surface area contributed by atoms with E-state index in [-0.39, 0.29) is 11.8 Å². The van der Waals surface area contributed by atoms with Crippen molar-refractivity contribution in [3.8, 4) is 11.1 Å². The standard InChI is InChI=1S/C23H25BrO3/c1-27-21(25)13-11-17-10-12-19(20(16-17)18-8-4-2-5-9-18)22(26)23(24)14-6-3-7-15-23/h2,4-5,8-10,12,16H,3,6-7,11,13-15H2,1H3. The first-order valence-electron chi connectivity index (χ1n) is 9.52. The Morgan fingerprint density at radius 3 is 2.41 bits per heavy atom. The molecule has 0 aromatic heterocycles. The molecule has 0 saturated heterocycles. The van der Waals surface area contributed by atoms with Gasteiger partial charge in [0, 0.05) is 12.0 Å². The lowest BCUT2D eigenvalue weighted by Gasteiger charge is -2.31. The molecule has 2 aromatic rings. The van der Waals surface area contributed by atoms with Gasteiger partial charge in [-0.15, -0.1) is 0 Å². The van der Waals surface area contributed by atoms with Gasteiger partial charge in [-0.25, -0.2) is 0 Å². The van der Waals surface area contributed by atoms with Crippen molar-refractivity contribution >= 4 is 27.7 Å². The number of halogens is 1. The van der Waals surface area contributed by atoms with Crippen LogP contribution < -0.4 is 0 Å². The summed E-state index contributed by atoms with van der Waals surface area (Å²) in [6.45, 7) is 0. The van der Waals surface area contributed by atoms with Crippen molar-refractivity contribution < 1.29 is 14.3 Å². The van der Waals surface area contributed by atoms with Crippen molar-refractivity contribution in [2.24, 2.45) is 0 Å². The van der Waals surface area contributed by atoms with Crippen LogP contribution in [0.15, 0.2) is 48.5 Å². The van der Waals surface area contributed by atoms with Crippen molar-refractivity contribution in [1.29, 1.82) is 0 Å². The van der Waals surface area contributed by atoms with Gasteiger partial charge >= 0.3 is 5.97 Å². The van der Waals surface area contributed by atoms with Crippen molar-refractivity contribution in [2.75, 3.05) is 7.11 Å². The second-order valence-corrected chi connectivity index (χ2v) is 8.70. The molecule has 0 heterocycles. The number of hydrogen-bond donors (Lipinski definition) is 0. The summed E-state index contributed by atoms with van der Waals surface area (Å²) in [5.41, 5.74) is 3.74. The third-order valence-electron chi connectivity index (χ3n) is 5.31. The molecule has 0 spiro atoms. The predicted octanol–water partition coefficient (Wildman–Crippen LogP) is 5.74. The molecule has 1 saturated carbocycles. The van der Waals surface area contributed by atoms with Crippen LogP contribution in [0.1, 0.15) is 54.4 Å². The second-order valence-electron chi connectivity index (χ2n) is 7.18. The zero-order valence-electron chi connectivity index (χ0n) is 15.7. The lowest BCUT2D eigenvalue weighted by atomic mass is 9.81. The zero-order chi connectivity index (χ0) is 19.3. The van der Waals surface area contributed by atoms with Crippen molar-refractivity contribution in [3.63, 3.8) is 0 Å². The molecule has 0 amide bonds. The fourth-order valence-corrected chi connectivity index (χ4v) is 4.50. The van der Waals surface area contributed by atoms with Gasteiger partial charge in [-0.05, 0) is 36.0 Å². The third kappa shape index (κ3) is 4.67. The molecular weight excluding hydrogens is 404 g/mol. The van der Waals surface area contributed by atoms with E-state index in [0.29, 0.717) is 12.8 Å². The van der Waals surface area contributed by atoms with Crippen LogP contribution in [0.3, 0.4) is 0 Å². The quantitative estimate of drug-likeness (QED) is 0.334. The monoisotopic (exact) mass is 428 g/mol. The van der Waals surface area contributed by atoms with Gasteiger partial charge in [0.25, 0.3) is 0 Å². The number of ketones is 1. The van der Waals surface area contributed by atoms with E-state index in [1.54, 1.807) is 0 Å². The Bertz CT molecular complexity index is 808. The Morgan fingerprint density at radius 1 is 1.04 bits per heavy atom. The molecule has 2 aromatic carbocycles. The van der Waals surface area contributed by atoms with Crippen LogP contribution in [0.2, 0.25) is 0 Å². The minimum Gasteiger partial charge on any atom is -0.469 e. The molecule has 3 rings (SSSR count). The van der Waals surface area contributed by atoms with Crippen molar-refractivity contribution in [2.45, 2.75) is 49.3 Å². The minimum absolute atomic E-state index is 0.167. The Balaban J connectivity index is 1.97. The van der Waals surface area contributed by atoms with Gasteiger partial charge in [-0.2, -0.15) is 0 Å². The van der Waals surface area contributed by atoms with E-state index in [4.69, 9.17) is 4.74 Å². The maximum atomic E-state index is 13.4. The van der Waals surface area contributed by atoms with E-state index < -0.39 is 4.32 Å². The number of aryl methyl sites for hydroxylation is 1. The predicted molar refractivity (Wildman–Crippen MR) is 111 cm³/mol. The Hall–Kier alpha value is -1.94. The summed E-state index contributed by atoms with van der Waals surface area (Å²) in [7, 11) is 1.40. The molecule has 3 nitrogen and oxygen atoms in total. The molecule has 27 heavy (non-hydrogen) atoms. The fraction of sp³-hybridized carbons (Fsp3) is 0.391. The average Bonchev–Trinajstić information content (AvgIpc) is 2.72. The first-order chi connectivity index (χ1) is 13.0. The number of ether oxygens (including phenoxy) is 1. The van der Waals surface area contributed by atoms with E-state index in [2.05, 4.69) is 15.9 Å². The van der Waals surface area contributed by atoms with E-state index in [1.165, 1.54) is 13.5 Å². The summed E-state index contributed by atoms with van der Waals surface area (Å²) in [6, 6.07) is 15.9. The van der Waals surface area contributed by atoms with Crippen LogP contribution in [0.5, 0.6) is 0 Å². The third-order valence-corrected chi connectivity index (χ3v) is 6.47. The van der Waals surface area contributed by atoms with Crippen LogP contribution in [0, 0.1) is 0 Å². The number of benzene rings is 2. The van der Waals surface area contributed by atoms with E-state index in [1.807, 2.05) is 48.5 Å². The van der Waals surface area contributed by atoms with Gasteiger partial charge in [-0.1, -0.05) is 83.7 Å². The first-order valence-corrected chi connectivity index (χ1v) is 10.3. The van der Waals surface area contributed by atoms with Crippen molar-refractivity contribution in [1.82, 2.24) is 0 Å². The summed E-state index contributed by atoms with van der Waals surface area (Å²) in [4.78, 5) is 24.9. The topological polar surface area (TPSA) is 43.4 Å². The van der Waals surface area contributed by atoms with Gasteiger partial charge in [-0.3, -0.25) is 9.59 Å². The highest BCUT2D eigenvalue weighted by Crippen LogP contribution is 2.40. The number of carbonyl (C=O) groups excluding carboxylic acids is 2.